The van der Waals surface area contributed by atoms with Crippen molar-refractivity contribution in [3.05, 3.63) is 0 Å². The van der Waals surface area contributed by atoms with Gasteiger partial charge in [0.2, 0.25) is 0 Å². The van der Waals surface area contributed by atoms with Crippen LogP contribution in [0.1, 0.15) is 52.9 Å². The van der Waals surface area contributed by atoms with Gasteiger partial charge in [-0.05, 0) is 56.9 Å². The SMILES string of the molecule is CCOC1CCCN(CC2CC(C)(C)CCC2O)C1. The van der Waals surface area contributed by atoms with E-state index in [0.29, 0.717) is 17.4 Å². The first-order valence-corrected chi connectivity index (χ1v) is 8.02. The third-order valence-electron chi connectivity index (χ3n) is 4.83. The molecule has 112 valence electrons. The van der Waals surface area contributed by atoms with Crippen LogP contribution in [0, 0.1) is 11.3 Å². The van der Waals surface area contributed by atoms with Crippen molar-refractivity contribution in [2.24, 2.45) is 11.3 Å². The molecule has 3 heteroatoms. The zero-order valence-electron chi connectivity index (χ0n) is 12.9. The first-order chi connectivity index (χ1) is 9.00. The molecule has 1 aliphatic heterocycles. The van der Waals surface area contributed by atoms with Crippen molar-refractivity contribution in [3.63, 3.8) is 0 Å². The smallest absolute Gasteiger partial charge is 0.0702 e. The Morgan fingerprint density at radius 3 is 2.84 bits per heavy atom. The highest BCUT2D eigenvalue weighted by Crippen LogP contribution is 2.39. The van der Waals surface area contributed by atoms with Gasteiger partial charge in [-0.1, -0.05) is 13.8 Å². The molecule has 1 aliphatic carbocycles. The number of piperidine rings is 1. The predicted octanol–water partition coefficient (Wildman–Crippen LogP) is 2.67. The Hall–Kier alpha value is -0.120. The van der Waals surface area contributed by atoms with Crippen LogP contribution >= 0.6 is 0 Å². The van der Waals surface area contributed by atoms with Crippen molar-refractivity contribution >= 4 is 0 Å². The highest BCUT2D eigenvalue weighted by atomic mass is 16.5. The van der Waals surface area contributed by atoms with Gasteiger partial charge in [0.25, 0.3) is 0 Å². The molecule has 0 spiro atoms. The van der Waals surface area contributed by atoms with Gasteiger partial charge in [0.1, 0.15) is 0 Å². The summed E-state index contributed by atoms with van der Waals surface area (Å²) < 4.78 is 5.77. The Morgan fingerprint density at radius 2 is 2.11 bits per heavy atom. The molecule has 0 amide bonds. The Kier molecular flexibility index (Phi) is 5.27. The van der Waals surface area contributed by atoms with Crippen LogP contribution in [0.4, 0.5) is 0 Å². The van der Waals surface area contributed by atoms with Crippen LogP contribution in [-0.4, -0.2) is 48.5 Å². The van der Waals surface area contributed by atoms with Crippen LogP contribution in [-0.2, 0) is 4.74 Å². The second kappa shape index (κ2) is 6.55. The molecule has 3 unspecified atom stereocenters. The van der Waals surface area contributed by atoms with Crippen LogP contribution in [0.2, 0.25) is 0 Å². The summed E-state index contributed by atoms with van der Waals surface area (Å²) in [6.07, 6.45) is 6.03. The van der Waals surface area contributed by atoms with E-state index in [1.54, 1.807) is 0 Å². The van der Waals surface area contributed by atoms with Crippen LogP contribution in [0.15, 0.2) is 0 Å². The lowest BCUT2D eigenvalue weighted by molar-refractivity contribution is -0.0279. The van der Waals surface area contributed by atoms with Crippen molar-refractivity contribution < 1.29 is 9.84 Å². The van der Waals surface area contributed by atoms with E-state index < -0.39 is 0 Å². The molecule has 1 saturated heterocycles. The normalized spacial score (nSPS) is 36.3. The third-order valence-corrected chi connectivity index (χ3v) is 4.83. The van der Waals surface area contributed by atoms with E-state index in [1.165, 1.54) is 19.4 Å². The Labute approximate surface area is 118 Å². The molecule has 3 nitrogen and oxygen atoms in total. The second-order valence-electron chi connectivity index (χ2n) is 7.21. The Bertz CT molecular complexity index is 278. The highest BCUT2D eigenvalue weighted by molar-refractivity contribution is 4.87. The largest absolute Gasteiger partial charge is 0.393 e. The minimum atomic E-state index is -0.0968. The minimum absolute atomic E-state index is 0.0968. The zero-order chi connectivity index (χ0) is 13.9. The summed E-state index contributed by atoms with van der Waals surface area (Å²) in [5.74, 6) is 0.448. The number of ether oxygens (including phenoxy) is 1. The van der Waals surface area contributed by atoms with Gasteiger partial charge in [-0.3, -0.25) is 0 Å². The molecule has 0 radical (unpaired) electrons. The Balaban J connectivity index is 1.85. The fourth-order valence-electron chi connectivity index (χ4n) is 3.79. The Morgan fingerprint density at radius 1 is 1.32 bits per heavy atom. The molecule has 2 rings (SSSR count). The molecule has 19 heavy (non-hydrogen) atoms. The van der Waals surface area contributed by atoms with E-state index in [9.17, 15) is 5.11 Å². The molecule has 0 bridgehead atoms. The molecule has 0 aromatic heterocycles. The lowest BCUT2D eigenvalue weighted by Gasteiger charge is -2.42. The minimum Gasteiger partial charge on any atom is -0.393 e. The van der Waals surface area contributed by atoms with Gasteiger partial charge in [0.15, 0.2) is 0 Å². The van der Waals surface area contributed by atoms with Crippen LogP contribution in [0.5, 0.6) is 0 Å². The van der Waals surface area contributed by atoms with E-state index >= 15 is 0 Å². The third kappa shape index (κ3) is 4.44. The van der Waals surface area contributed by atoms with Gasteiger partial charge in [0, 0.05) is 19.7 Å². The lowest BCUT2D eigenvalue weighted by atomic mass is 9.70. The molecule has 1 heterocycles. The van der Waals surface area contributed by atoms with Crippen molar-refractivity contribution in [2.75, 3.05) is 26.2 Å². The average molecular weight is 269 g/mol. The van der Waals surface area contributed by atoms with Gasteiger partial charge in [-0.25, -0.2) is 0 Å². The van der Waals surface area contributed by atoms with Crippen LogP contribution in [0.25, 0.3) is 0 Å². The van der Waals surface area contributed by atoms with E-state index in [1.807, 2.05) is 0 Å². The first kappa shape index (κ1) is 15.3. The molecule has 3 atom stereocenters. The topological polar surface area (TPSA) is 32.7 Å². The summed E-state index contributed by atoms with van der Waals surface area (Å²) >= 11 is 0. The van der Waals surface area contributed by atoms with Gasteiger partial charge in [-0.2, -0.15) is 0 Å². The summed E-state index contributed by atoms with van der Waals surface area (Å²) in [6.45, 7) is 10.8. The molecular formula is C16H31NO2. The number of aliphatic hydroxyl groups is 1. The lowest BCUT2D eigenvalue weighted by Crippen LogP contribution is -2.46. The number of hydrogen-bond donors (Lipinski definition) is 1. The first-order valence-electron chi connectivity index (χ1n) is 8.02. The molecular weight excluding hydrogens is 238 g/mol. The zero-order valence-corrected chi connectivity index (χ0v) is 12.9. The molecule has 1 saturated carbocycles. The summed E-state index contributed by atoms with van der Waals surface area (Å²) in [7, 11) is 0. The van der Waals surface area contributed by atoms with Crippen LogP contribution in [0.3, 0.4) is 0 Å². The van der Waals surface area contributed by atoms with E-state index in [4.69, 9.17) is 4.74 Å². The number of likely N-dealkylation sites (tertiary alicyclic amines) is 1. The fourth-order valence-corrected chi connectivity index (χ4v) is 3.79. The number of nitrogens with zero attached hydrogens (tertiary/aromatic N) is 1. The van der Waals surface area contributed by atoms with Gasteiger partial charge in [0.05, 0.1) is 12.2 Å². The van der Waals surface area contributed by atoms with E-state index in [2.05, 4.69) is 25.7 Å². The van der Waals surface area contributed by atoms with Crippen molar-refractivity contribution in [1.29, 1.82) is 0 Å². The van der Waals surface area contributed by atoms with Crippen molar-refractivity contribution in [2.45, 2.75) is 65.1 Å². The summed E-state index contributed by atoms with van der Waals surface area (Å²) in [5, 5.41) is 10.2. The van der Waals surface area contributed by atoms with Gasteiger partial charge < -0.3 is 14.7 Å². The average Bonchev–Trinajstić information content (AvgIpc) is 2.35. The van der Waals surface area contributed by atoms with Crippen molar-refractivity contribution in [1.82, 2.24) is 4.90 Å². The maximum Gasteiger partial charge on any atom is 0.0702 e. The van der Waals surface area contributed by atoms with Crippen LogP contribution < -0.4 is 0 Å². The quantitative estimate of drug-likeness (QED) is 0.851. The molecule has 0 aromatic rings. The van der Waals surface area contributed by atoms with Gasteiger partial charge in [-0.15, -0.1) is 0 Å². The summed E-state index contributed by atoms with van der Waals surface area (Å²) in [4.78, 5) is 2.51. The molecule has 2 fully saturated rings. The summed E-state index contributed by atoms with van der Waals surface area (Å²) in [6, 6.07) is 0. The fraction of sp³-hybridized carbons (Fsp3) is 1.00. The summed E-state index contributed by atoms with van der Waals surface area (Å²) in [5.41, 5.74) is 0.402. The molecule has 1 N–H and O–H groups in total. The number of hydrogen-bond acceptors (Lipinski definition) is 3. The maximum absolute atomic E-state index is 10.2. The van der Waals surface area contributed by atoms with Crippen molar-refractivity contribution in [3.8, 4) is 0 Å². The number of rotatable bonds is 4. The van der Waals surface area contributed by atoms with Gasteiger partial charge >= 0.3 is 0 Å². The van der Waals surface area contributed by atoms with E-state index in [-0.39, 0.29) is 6.10 Å². The maximum atomic E-state index is 10.2. The predicted molar refractivity (Wildman–Crippen MR) is 78.2 cm³/mol. The standard InChI is InChI=1S/C16H31NO2/c1-4-19-14-6-5-9-17(12-14)11-13-10-16(2,3)8-7-15(13)18/h13-15,18H,4-12H2,1-3H3. The highest BCUT2D eigenvalue weighted by Gasteiger charge is 2.35. The monoisotopic (exact) mass is 269 g/mol. The molecule has 2 aliphatic rings. The number of aliphatic hydroxyl groups excluding tert-OH is 1. The van der Waals surface area contributed by atoms with E-state index in [0.717, 1.165) is 39.0 Å². The second-order valence-corrected chi connectivity index (χ2v) is 7.21. The molecule has 0 aromatic carbocycles.